The molecule has 0 radical (unpaired) electrons. The van der Waals surface area contributed by atoms with Crippen molar-refractivity contribution < 1.29 is 13.2 Å². The minimum Gasteiger partial charge on any atom is -0.326 e. The Morgan fingerprint density at radius 3 is 2.21 bits per heavy atom. The normalized spacial score (nSPS) is 11.6. The number of aryl methyl sites for hydroxylation is 2. The maximum Gasteiger partial charge on any atom is 0.225 e. The van der Waals surface area contributed by atoms with E-state index in [1.807, 2.05) is 32.0 Å². The summed E-state index contributed by atoms with van der Waals surface area (Å²) in [5.41, 5.74) is 2.68. The van der Waals surface area contributed by atoms with Crippen molar-refractivity contribution in [1.29, 1.82) is 0 Å². The van der Waals surface area contributed by atoms with Crippen LogP contribution in [0.5, 0.6) is 0 Å². The van der Waals surface area contributed by atoms with E-state index in [4.69, 9.17) is 0 Å². The summed E-state index contributed by atoms with van der Waals surface area (Å²) >= 11 is 0. The van der Waals surface area contributed by atoms with E-state index < -0.39 is 10.0 Å². The lowest BCUT2D eigenvalue weighted by Gasteiger charge is -2.13. The molecular weight excluding hydrogens is 264 g/mol. The lowest BCUT2D eigenvalue weighted by atomic mass is 10.1. The highest BCUT2D eigenvalue weighted by atomic mass is 32.2. The highest BCUT2D eigenvalue weighted by Crippen LogP contribution is 2.19. The average molecular weight is 284 g/mol. The highest BCUT2D eigenvalue weighted by molar-refractivity contribution is 7.89. The van der Waals surface area contributed by atoms with E-state index in [1.54, 1.807) is 0 Å². The van der Waals surface area contributed by atoms with Gasteiger partial charge >= 0.3 is 0 Å². The Hall–Kier alpha value is -1.40. The van der Waals surface area contributed by atoms with Crippen LogP contribution in [0.4, 0.5) is 5.69 Å². The van der Waals surface area contributed by atoms with Crippen molar-refractivity contribution in [2.75, 3.05) is 25.2 Å². The summed E-state index contributed by atoms with van der Waals surface area (Å²) in [6.45, 7) is 3.80. The van der Waals surface area contributed by atoms with E-state index in [2.05, 4.69) is 5.32 Å². The maximum atomic E-state index is 11.8. The Balaban J connectivity index is 2.67. The van der Waals surface area contributed by atoms with Gasteiger partial charge in [-0.3, -0.25) is 4.79 Å². The molecule has 1 aromatic rings. The third-order valence-electron chi connectivity index (χ3n) is 2.89. The molecule has 1 amide bonds. The number of carbonyl (C=O) groups excluding carboxylic acids is 1. The zero-order valence-electron chi connectivity index (χ0n) is 11.7. The number of para-hydroxylation sites is 1. The first-order chi connectivity index (χ1) is 8.74. The monoisotopic (exact) mass is 284 g/mol. The summed E-state index contributed by atoms with van der Waals surface area (Å²) in [7, 11) is -0.419. The van der Waals surface area contributed by atoms with Crippen LogP contribution in [0.2, 0.25) is 0 Å². The van der Waals surface area contributed by atoms with Crippen molar-refractivity contribution >= 4 is 21.6 Å². The number of carbonyl (C=O) groups is 1. The molecule has 1 rings (SSSR count). The van der Waals surface area contributed by atoms with Crippen LogP contribution in [0.3, 0.4) is 0 Å². The predicted molar refractivity (Wildman–Crippen MR) is 76.6 cm³/mol. The van der Waals surface area contributed by atoms with Crippen LogP contribution in [0.25, 0.3) is 0 Å². The number of amides is 1. The third-order valence-corrected chi connectivity index (χ3v) is 4.72. The Labute approximate surface area is 114 Å². The second-order valence-corrected chi connectivity index (χ2v) is 6.97. The molecular formula is C13H20N2O3S. The first-order valence-corrected chi connectivity index (χ1v) is 7.61. The average Bonchev–Trinajstić information content (AvgIpc) is 2.31. The van der Waals surface area contributed by atoms with Crippen molar-refractivity contribution in [3.8, 4) is 0 Å². The van der Waals surface area contributed by atoms with Crippen LogP contribution < -0.4 is 5.32 Å². The fraction of sp³-hybridized carbons (Fsp3) is 0.462. The lowest BCUT2D eigenvalue weighted by molar-refractivity contribution is -0.115. The molecule has 1 aromatic carbocycles. The van der Waals surface area contributed by atoms with Gasteiger partial charge in [0.2, 0.25) is 15.9 Å². The predicted octanol–water partition coefficient (Wildman–Crippen LogP) is 1.52. The number of anilines is 1. The number of sulfonamides is 1. The quantitative estimate of drug-likeness (QED) is 0.891. The molecule has 0 saturated heterocycles. The second kappa shape index (κ2) is 6.16. The van der Waals surface area contributed by atoms with Gasteiger partial charge in [-0.25, -0.2) is 12.7 Å². The summed E-state index contributed by atoms with van der Waals surface area (Å²) < 4.78 is 24.3. The van der Waals surface area contributed by atoms with Gasteiger partial charge in [0.1, 0.15) is 0 Å². The van der Waals surface area contributed by atoms with Crippen molar-refractivity contribution in [1.82, 2.24) is 4.31 Å². The number of benzene rings is 1. The first kappa shape index (κ1) is 15.7. The Morgan fingerprint density at radius 1 is 1.21 bits per heavy atom. The van der Waals surface area contributed by atoms with Gasteiger partial charge in [-0.2, -0.15) is 0 Å². The van der Waals surface area contributed by atoms with Gasteiger partial charge < -0.3 is 5.32 Å². The van der Waals surface area contributed by atoms with Crippen LogP contribution >= 0.6 is 0 Å². The van der Waals surface area contributed by atoms with Crippen LogP contribution in [0.15, 0.2) is 18.2 Å². The molecule has 0 aliphatic carbocycles. The molecule has 0 atom stereocenters. The Morgan fingerprint density at radius 2 is 1.74 bits per heavy atom. The fourth-order valence-corrected chi connectivity index (χ4v) is 2.43. The number of nitrogens with zero attached hydrogens (tertiary/aromatic N) is 1. The van der Waals surface area contributed by atoms with Gasteiger partial charge in [-0.1, -0.05) is 18.2 Å². The van der Waals surface area contributed by atoms with E-state index >= 15 is 0 Å². The molecule has 0 saturated carbocycles. The van der Waals surface area contributed by atoms with Crippen LogP contribution in [0, 0.1) is 13.8 Å². The summed E-state index contributed by atoms with van der Waals surface area (Å²) in [4.78, 5) is 11.8. The summed E-state index contributed by atoms with van der Waals surface area (Å²) in [6.07, 6.45) is -0.0473. The molecule has 0 bridgehead atoms. The van der Waals surface area contributed by atoms with Crippen molar-refractivity contribution in [2.24, 2.45) is 0 Å². The van der Waals surface area contributed by atoms with Gasteiger partial charge in [0, 0.05) is 26.2 Å². The minimum absolute atomic E-state index is 0.0473. The SMILES string of the molecule is Cc1cccc(C)c1NC(=O)CCS(=O)(=O)N(C)C. The topological polar surface area (TPSA) is 66.5 Å². The summed E-state index contributed by atoms with van der Waals surface area (Å²) in [5.74, 6) is -0.473. The zero-order valence-corrected chi connectivity index (χ0v) is 12.5. The highest BCUT2D eigenvalue weighted by Gasteiger charge is 2.16. The second-order valence-electron chi connectivity index (χ2n) is 4.66. The van der Waals surface area contributed by atoms with Crippen molar-refractivity contribution in [3.05, 3.63) is 29.3 Å². The Bertz CT molecular complexity index is 545. The van der Waals surface area contributed by atoms with E-state index in [0.29, 0.717) is 0 Å². The minimum atomic E-state index is -3.33. The van der Waals surface area contributed by atoms with Gasteiger partial charge in [0.05, 0.1) is 5.75 Å². The van der Waals surface area contributed by atoms with Gasteiger partial charge in [-0.15, -0.1) is 0 Å². The van der Waals surface area contributed by atoms with E-state index in [9.17, 15) is 13.2 Å². The van der Waals surface area contributed by atoms with Crippen molar-refractivity contribution in [2.45, 2.75) is 20.3 Å². The standard InChI is InChI=1S/C13H20N2O3S/c1-10-6-5-7-11(2)13(10)14-12(16)8-9-19(17,18)15(3)4/h5-7H,8-9H2,1-4H3,(H,14,16). The number of rotatable bonds is 5. The van der Waals surface area contributed by atoms with Crippen LogP contribution in [-0.2, 0) is 14.8 Å². The third kappa shape index (κ3) is 4.33. The molecule has 0 fully saturated rings. The van der Waals surface area contributed by atoms with E-state index in [1.165, 1.54) is 14.1 Å². The van der Waals surface area contributed by atoms with E-state index in [0.717, 1.165) is 21.1 Å². The molecule has 0 spiro atoms. The molecule has 5 nitrogen and oxygen atoms in total. The maximum absolute atomic E-state index is 11.8. The smallest absolute Gasteiger partial charge is 0.225 e. The van der Waals surface area contributed by atoms with Gasteiger partial charge in [-0.05, 0) is 25.0 Å². The van der Waals surface area contributed by atoms with Crippen molar-refractivity contribution in [3.63, 3.8) is 0 Å². The molecule has 19 heavy (non-hydrogen) atoms. The molecule has 0 aliphatic heterocycles. The lowest BCUT2D eigenvalue weighted by Crippen LogP contribution is -2.27. The molecule has 6 heteroatoms. The van der Waals surface area contributed by atoms with Gasteiger partial charge in [0.15, 0.2) is 0 Å². The molecule has 1 N–H and O–H groups in total. The summed E-state index contributed by atoms with van der Waals surface area (Å²) in [6, 6.07) is 5.72. The molecule has 0 heterocycles. The molecule has 106 valence electrons. The molecule has 0 aliphatic rings. The number of hydrogen-bond acceptors (Lipinski definition) is 3. The fourth-order valence-electron chi connectivity index (χ4n) is 1.62. The Kier molecular flexibility index (Phi) is 5.08. The molecule has 0 unspecified atom stereocenters. The first-order valence-electron chi connectivity index (χ1n) is 6.00. The largest absolute Gasteiger partial charge is 0.326 e. The number of nitrogens with one attached hydrogen (secondary N) is 1. The molecule has 0 aromatic heterocycles. The van der Waals surface area contributed by atoms with E-state index in [-0.39, 0.29) is 18.1 Å². The number of hydrogen-bond donors (Lipinski definition) is 1. The zero-order chi connectivity index (χ0) is 14.6. The van der Waals surface area contributed by atoms with Crippen LogP contribution in [0.1, 0.15) is 17.5 Å². The van der Waals surface area contributed by atoms with Gasteiger partial charge in [0.25, 0.3) is 0 Å². The van der Waals surface area contributed by atoms with Crippen LogP contribution in [-0.4, -0.2) is 38.5 Å². The summed E-state index contributed by atoms with van der Waals surface area (Å²) in [5, 5.41) is 2.77.